The number of amides is 1. The van der Waals surface area contributed by atoms with E-state index in [-0.39, 0.29) is 12.1 Å². The van der Waals surface area contributed by atoms with E-state index in [1.54, 1.807) is 0 Å². The maximum atomic E-state index is 11.5. The first kappa shape index (κ1) is 12.3. The van der Waals surface area contributed by atoms with Gasteiger partial charge in [-0.1, -0.05) is 6.92 Å². The van der Waals surface area contributed by atoms with Crippen LogP contribution < -0.4 is 5.32 Å². The number of hydrogen-bond acceptors (Lipinski definition) is 3. The lowest BCUT2D eigenvalue weighted by Crippen LogP contribution is -2.47. The first-order valence-electron chi connectivity index (χ1n) is 5.46. The molecule has 1 rings (SSSR count). The van der Waals surface area contributed by atoms with E-state index >= 15 is 0 Å². The fraction of sp³-hybridized carbons (Fsp3) is 0.909. The van der Waals surface area contributed by atoms with Crippen LogP contribution in [0.1, 0.15) is 34.1 Å². The third-order valence-electron chi connectivity index (χ3n) is 2.40. The number of hydrogen-bond donors (Lipinski definition) is 1. The summed E-state index contributed by atoms with van der Waals surface area (Å²) in [5.41, 5.74) is -0.442. The van der Waals surface area contributed by atoms with Gasteiger partial charge in [0.05, 0.1) is 12.6 Å². The molecule has 1 N–H and O–H groups in total. The van der Waals surface area contributed by atoms with Crippen LogP contribution in [0.4, 0.5) is 4.79 Å². The number of rotatable bonds is 1. The van der Waals surface area contributed by atoms with E-state index in [0.29, 0.717) is 12.5 Å². The minimum absolute atomic E-state index is 0.0774. The quantitative estimate of drug-likeness (QED) is 0.727. The fourth-order valence-electron chi connectivity index (χ4n) is 1.49. The number of carbonyl (C=O) groups excluding carboxylic acids is 1. The molecule has 0 aromatic carbocycles. The van der Waals surface area contributed by atoms with Gasteiger partial charge < -0.3 is 14.8 Å². The van der Waals surface area contributed by atoms with Crippen LogP contribution in [0.2, 0.25) is 0 Å². The van der Waals surface area contributed by atoms with Crippen molar-refractivity contribution in [2.45, 2.75) is 45.8 Å². The van der Waals surface area contributed by atoms with E-state index in [2.05, 4.69) is 12.2 Å². The average molecular weight is 215 g/mol. The Labute approximate surface area is 91.3 Å². The SMILES string of the molecule is C[C@H]1CCOCC1NC(=O)OC(C)(C)C. The minimum Gasteiger partial charge on any atom is -0.444 e. The molecule has 1 saturated heterocycles. The zero-order valence-electron chi connectivity index (χ0n) is 10.0. The summed E-state index contributed by atoms with van der Waals surface area (Å²) < 4.78 is 10.5. The monoisotopic (exact) mass is 215 g/mol. The zero-order valence-corrected chi connectivity index (χ0v) is 10.0. The largest absolute Gasteiger partial charge is 0.444 e. The van der Waals surface area contributed by atoms with Crippen LogP contribution in [-0.4, -0.2) is 30.9 Å². The second kappa shape index (κ2) is 4.84. The highest BCUT2D eigenvalue weighted by Crippen LogP contribution is 2.15. The van der Waals surface area contributed by atoms with Crippen molar-refractivity contribution in [1.29, 1.82) is 0 Å². The molecule has 1 amide bonds. The van der Waals surface area contributed by atoms with Crippen LogP contribution in [0.25, 0.3) is 0 Å². The molecule has 4 heteroatoms. The van der Waals surface area contributed by atoms with Gasteiger partial charge in [0.15, 0.2) is 0 Å². The maximum absolute atomic E-state index is 11.5. The number of ether oxygens (including phenoxy) is 2. The van der Waals surface area contributed by atoms with Gasteiger partial charge in [-0.25, -0.2) is 4.79 Å². The van der Waals surface area contributed by atoms with Gasteiger partial charge in [-0.05, 0) is 33.1 Å². The highest BCUT2D eigenvalue weighted by molar-refractivity contribution is 5.68. The standard InChI is InChI=1S/C11H21NO3/c1-8-5-6-14-7-9(8)12-10(13)15-11(2,3)4/h8-9H,5-7H2,1-4H3,(H,12,13)/t8-,9?/m0/s1. The Balaban J connectivity index is 2.36. The lowest BCUT2D eigenvalue weighted by molar-refractivity contribution is 0.0207. The van der Waals surface area contributed by atoms with Crippen LogP contribution >= 0.6 is 0 Å². The lowest BCUT2D eigenvalue weighted by Gasteiger charge is -2.30. The van der Waals surface area contributed by atoms with Crippen molar-refractivity contribution in [3.05, 3.63) is 0 Å². The first-order chi connectivity index (χ1) is 6.88. The molecule has 0 aliphatic carbocycles. The van der Waals surface area contributed by atoms with Crippen molar-refractivity contribution < 1.29 is 14.3 Å². The Hall–Kier alpha value is -0.770. The molecule has 0 aromatic rings. The zero-order chi connectivity index (χ0) is 11.5. The second-order valence-electron chi connectivity index (χ2n) is 5.09. The Morgan fingerprint density at radius 2 is 2.13 bits per heavy atom. The molecule has 0 bridgehead atoms. The van der Waals surface area contributed by atoms with Gasteiger partial charge in [0.2, 0.25) is 0 Å². The van der Waals surface area contributed by atoms with E-state index in [4.69, 9.17) is 9.47 Å². The van der Waals surface area contributed by atoms with Gasteiger partial charge in [-0.2, -0.15) is 0 Å². The molecule has 0 radical (unpaired) electrons. The van der Waals surface area contributed by atoms with Gasteiger partial charge in [0.1, 0.15) is 5.60 Å². The number of carbonyl (C=O) groups is 1. The predicted octanol–water partition coefficient (Wildman–Crippen LogP) is 1.94. The molecule has 1 unspecified atom stereocenters. The molecule has 15 heavy (non-hydrogen) atoms. The summed E-state index contributed by atoms with van der Waals surface area (Å²) in [7, 11) is 0. The number of alkyl carbamates (subject to hydrolysis) is 1. The van der Waals surface area contributed by atoms with Gasteiger partial charge >= 0.3 is 6.09 Å². The summed E-state index contributed by atoms with van der Waals surface area (Å²) in [5.74, 6) is 0.450. The van der Waals surface area contributed by atoms with Gasteiger partial charge in [-0.3, -0.25) is 0 Å². The third kappa shape index (κ3) is 4.51. The van der Waals surface area contributed by atoms with E-state index in [9.17, 15) is 4.79 Å². The van der Waals surface area contributed by atoms with E-state index < -0.39 is 5.60 Å². The van der Waals surface area contributed by atoms with Gasteiger partial charge in [0, 0.05) is 6.61 Å². The van der Waals surface area contributed by atoms with Crippen LogP contribution in [0.3, 0.4) is 0 Å². The van der Waals surface area contributed by atoms with Crippen molar-refractivity contribution >= 4 is 6.09 Å². The van der Waals surface area contributed by atoms with Crippen molar-refractivity contribution in [3.8, 4) is 0 Å². The summed E-state index contributed by atoms with van der Waals surface area (Å²) in [4.78, 5) is 11.5. The topological polar surface area (TPSA) is 47.6 Å². The normalized spacial score (nSPS) is 27.2. The Bertz CT molecular complexity index is 222. The van der Waals surface area contributed by atoms with Crippen molar-refractivity contribution in [3.63, 3.8) is 0 Å². The van der Waals surface area contributed by atoms with Crippen molar-refractivity contribution in [1.82, 2.24) is 5.32 Å². The first-order valence-corrected chi connectivity index (χ1v) is 5.46. The van der Waals surface area contributed by atoms with E-state index in [1.807, 2.05) is 20.8 Å². The lowest BCUT2D eigenvalue weighted by atomic mass is 9.97. The molecule has 1 fully saturated rings. The molecule has 1 aliphatic rings. The van der Waals surface area contributed by atoms with Crippen LogP contribution in [0, 0.1) is 5.92 Å². The van der Waals surface area contributed by atoms with Gasteiger partial charge in [0.25, 0.3) is 0 Å². The molecule has 1 aliphatic heterocycles. The molecule has 2 atom stereocenters. The summed E-state index contributed by atoms with van der Waals surface area (Å²) in [6.07, 6.45) is 0.630. The highest BCUT2D eigenvalue weighted by Gasteiger charge is 2.25. The van der Waals surface area contributed by atoms with Crippen LogP contribution in [0.15, 0.2) is 0 Å². The fourth-order valence-corrected chi connectivity index (χ4v) is 1.49. The molecule has 1 heterocycles. The van der Waals surface area contributed by atoms with Gasteiger partial charge in [-0.15, -0.1) is 0 Å². The summed E-state index contributed by atoms with van der Waals surface area (Å²) in [6.45, 7) is 9.05. The maximum Gasteiger partial charge on any atom is 0.407 e. The molecule has 4 nitrogen and oxygen atoms in total. The molecule has 0 spiro atoms. The molecule has 0 aromatic heterocycles. The highest BCUT2D eigenvalue weighted by atomic mass is 16.6. The Morgan fingerprint density at radius 1 is 1.47 bits per heavy atom. The summed E-state index contributed by atoms with van der Waals surface area (Å²) in [5, 5.41) is 2.84. The summed E-state index contributed by atoms with van der Waals surface area (Å²) in [6, 6.07) is 0.0774. The second-order valence-corrected chi connectivity index (χ2v) is 5.09. The smallest absolute Gasteiger partial charge is 0.407 e. The Morgan fingerprint density at radius 3 is 2.67 bits per heavy atom. The van der Waals surface area contributed by atoms with Crippen molar-refractivity contribution in [2.75, 3.05) is 13.2 Å². The molecule has 0 saturated carbocycles. The predicted molar refractivity (Wildman–Crippen MR) is 57.8 cm³/mol. The minimum atomic E-state index is -0.442. The van der Waals surface area contributed by atoms with Crippen LogP contribution in [0.5, 0.6) is 0 Å². The van der Waals surface area contributed by atoms with E-state index in [0.717, 1.165) is 13.0 Å². The third-order valence-corrected chi connectivity index (χ3v) is 2.40. The summed E-state index contributed by atoms with van der Waals surface area (Å²) >= 11 is 0. The molecular weight excluding hydrogens is 194 g/mol. The molecular formula is C11H21NO3. The molecule has 88 valence electrons. The van der Waals surface area contributed by atoms with Crippen molar-refractivity contribution in [2.24, 2.45) is 5.92 Å². The van der Waals surface area contributed by atoms with Crippen LogP contribution in [-0.2, 0) is 9.47 Å². The van der Waals surface area contributed by atoms with E-state index in [1.165, 1.54) is 0 Å². The number of nitrogens with one attached hydrogen (secondary N) is 1. The average Bonchev–Trinajstić information content (AvgIpc) is 2.05. The Kier molecular flexibility index (Phi) is 3.97.